The van der Waals surface area contributed by atoms with E-state index in [2.05, 4.69) is 50.2 Å². The Morgan fingerprint density at radius 3 is 2.04 bits per heavy atom. The predicted octanol–water partition coefficient (Wildman–Crippen LogP) is 5.66. The minimum Gasteiger partial charge on any atom is -0.491 e. The normalized spacial score (nSPS) is 21.4. The third kappa shape index (κ3) is 4.55. The molecule has 0 aromatic heterocycles. The molecule has 0 radical (unpaired) electrons. The van der Waals surface area contributed by atoms with Crippen molar-refractivity contribution >= 4 is 0 Å². The maximum atomic E-state index is 6.35. The lowest BCUT2D eigenvalue weighted by Gasteiger charge is -2.20. The maximum absolute atomic E-state index is 6.35. The van der Waals surface area contributed by atoms with Crippen molar-refractivity contribution in [3.8, 4) is 11.5 Å². The molecule has 1 aliphatic rings. The molecule has 4 rings (SSSR count). The number of rotatable bonds is 6. The molecule has 3 aromatic rings. The highest BCUT2D eigenvalue weighted by Crippen LogP contribution is 2.35. The van der Waals surface area contributed by atoms with Gasteiger partial charge in [-0.3, -0.25) is 0 Å². The third-order valence-electron chi connectivity index (χ3n) is 5.12. The van der Waals surface area contributed by atoms with Crippen molar-refractivity contribution in [1.82, 2.24) is 0 Å². The van der Waals surface area contributed by atoms with Crippen molar-refractivity contribution in [3.05, 3.63) is 95.6 Å². The molecule has 1 heterocycles. The molecule has 3 heteroatoms. The van der Waals surface area contributed by atoms with E-state index < -0.39 is 0 Å². The second-order valence-electron chi connectivity index (χ2n) is 7.40. The molecular weight excluding hydrogens is 348 g/mol. The van der Waals surface area contributed by atoms with E-state index in [1.165, 1.54) is 16.7 Å². The van der Waals surface area contributed by atoms with E-state index in [9.17, 15) is 0 Å². The minimum atomic E-state index is -0.132. The fraction of sp³-hybridized carbons (Fsp3) is 0.280. The van der Waals surface area contributed by atoms with Crippen molar-refractivity contribution in [2.24, 2.45) is 0 Å². The Labute approximate surface area is 166 Å². The summed E-state index contributed by atoms with van der Waals surface area (Å²) >= 11 is 0. The molecule has 0 saturated carbocycles. The van der Waals surface area contributed by atoms with E-state index in [-0.39, 0.29) is 18.3 Å². The van der Waals surface area contributed by atoms with E-state index in [1.807, 2.05) is 42.5 Å². The molecule has 28 heavy (non-hydrogen) atoms. The van der Waals surface area contributed by atoms with Crippen LogP contribution in [0, 0.1) is 13.8 Å². The number of hydrogen-bond donors (Lipinski definition) is 0. The van der Waals surface area contributed by atoms with E-state index in [1.54, 1.807) is 0 Å². The van der Waals surface area contributed by atoms with Crippen LogP contribution in [0.1, 0.15) is 29.2 Å². The van der Waals surface area contributed by atoms with Crippen LogP contribution in [0.3, 0.4) is 0 Å². The SMILES string of the molecule is Cc1ccc(OC[C@H]2O[C@@H](c3ccccc3)C[C@@H]2Oc2ccc(C)cc2)cc1. The first kappa shape index (κ1) is 18.6. The van der Waals surface area contributed by atoms with Gasteiger partial charge in [0.05, 0.1) is 6.10 Å². The minimum absolute atomic E-state index is 0.0169. The molecule has 3 aromatic carbocycles. The zero-order chi connectivity index (χ0) is 19.3. The fourth-order valence-electron chi connectivity index (χ4n) is 3.47. The van der Waals surface area contributed by atoms with Gasteiger partial charge in [0.2, 0.25) is 0 Å². The Morgan fingerprint density at radius 1 is 0.786 bits per heavy atom. The van der Waals surface area contributed by atoms with Crippen molar-refractivity contribution < 1.29 is 14.2 Å². The van der Waals surface area contributed by atoms with Gasteiger partial charge in [0.25, 0.3) is 0 Å². The summed E-state index contributed by atoms with van der Waals surface area (Å²) in [6, 6.07) is 26.6. The first-order valence-corrected chi connectivity index (χ1v) is 9.80. The lowest BCUT2D eigenvalue weighted by molar-refractivity contribution is -0.0107. The smallest absolute Gasteiger partial charge is 0.131 e. The van der Waals surface area contributed by atoms with Crippen LogP contribution in [0.15, 0.2) is 78.9 Å². The average molecular weight is 374 g/mol. The first-order chi connectivity index (χ1) is 13.7. The Morgan fingerprint density at radius 2 is 1.39 bits per heavy atom. The van der Waals surface area contributed by atoms with E-state index in [0.717, 1.165) is 17.9 Å². The van der Waals surface area contributed by atoms with Gasteiger partial charge in [-0.25, -0.2) is 0 Å². The second-order valence-corrected chi connectivity index (χ2v) is 7.40. The van der Waals surface area contributed by atoms with Crippen molar-refractivity contribution in [2.45, 2.75) is 38.6 Å². The molecule has 0 amide bonds. The van der Waals surface area contributed by atoms with Gasteiger partial charge in [-0.2, -0.15) is 0 Å². The van der Waals surface area contributed by atoms with Crippen LogP contribution in [0.2, 0.25) is 0 Å². The van der Waals surface area contributed by atoms with Gasteiger partial charge < -0.3 is 14.2 Å². The zero-order valence-electron chi connectivity index (χ0n) is 16.4. The van der Waals surface area contributed by atoms with Gasteiger partial charge in [0.15, 0.2) is 0 Å². The number of ether oxygens (including phenoxy) is 3. The van der Waals surface area contributed by atoms with Gasteiger partial charge in [-0.15, -0.1) is 0 Å². The fourth-order valence-corrected chi connectivity index (χ4v) is 3.47. The van der Waals surface area contributed by atoms with E-state index in [0.29, 0.717) is 6.61 Å². The monoisotopic (exact) mass is 374 g/mol. The predicted molar refractivity (Wildman–Crippen MR) is 111 cm³/mol. The van der Waals surface area contributed by atoms with Crippen molar-refractivity contribution in [1.29, 1.82) is 0 Å². The maximum Gasteiger partial charge on any atom is 0.131 e. The first-order valence-electron chi connectivity index (χ1n) is 9.80. The van der Waals surface area contributed by atoms with Crippen LogP contribution >= 0.6 is 0 Å². The van der Waals surface area contributed by atoms with Gasteiger partial charge >= 0.3 is 0 Å². The molecule has 0 N–H and O–H groups in total. The molecule has 1 saturated heterocycles. The lowest BCUT2D eigenvalue weighted by Crippen LogP contribution is -2.32. The molecule has 1 fully saturated rings. The molecule has 0 unspecified atom stereocenters. The molecule has 0 aliphatic carbocycles. The molecule has 0 bridgehead atoms. The molecule has 3 atom stereocenters. The van der Waals surface area contributed by atoms with E-state index in [4.69, 9.17) is 14.2 Å². The topological polar surface area (TPSA) is 27.7 Å². The summed E-state index contributed by atoms with van der Waals surface area (Å²) in [5, 5.41) is 0. The van der Waals surface area contributed by atoms with Crippen molar-refractivity contribution in [2.75, 3.05) is 6.61 Å². The summed E-state index contributed by atoms with van der Waals surface area (Å²) in [7, 11) is 0. The highest BCUT2D eigenvalue weighted by atomic mass is 16.6. The van der Waals surface area contributed by atoms with Gasteiger partial charge in [0.1, 0.15) is 30.3 Å². The lowest BCUT2D eigenvalue weighted by atomic mass is 10.0. The third-order valence-corrected chi connectivity index (χ3v) is 5.12. The van der Waals surface area contributed by atoms with Crippen LogP contribution in [0.4, 0.5) is 0 Å². The quantitative estimate of drug-likeness (QED) is 0.557. The average Bonchev–Trinajstić information content (AvgIpc) is 3.13. The van der Waals surface area contributed by atoms with Crippen LogP contribution in [0.25, 0.3) is 0 Å². The Kier molecular flexibility index (Phi) is 5.63. The standard InChI is InChI=1S/C25H26O3/c1-18-8-12-21(13-9-18)26-17-25-24(27-22-14-10-19(2)11-15-22)16-23(28-25)20-6-4-3-5-7-20/h3-15,23-25H,16-17H2,1-2H3/t23-,24+,25-/m1/s1. The highest BCUT2D eigenvalue weighted by molar-refractivity contribution is 5.28. The molecule has 1 aliphatic heterocycles. The molecular formula is C25H26O3. The van der Waals surface area contributed by atoms with Crippen molar-refractivity contribution in [3.63, 3.8) is 0 Å². The van der Waals surface area contributed by atoms with Crippen LogP contribution < -0.4 is 9.47 Å². The molecule has 0 spiro atoms. The number of benzene rings is 3. The van der Waals surface area contributed by atoms with Gasteiger partial charge in [0, 0.05) is 6.42 Å². The van der Waals surface area contributed by atoms with Crippen LogP contribution in [-0.4, -0.2) is 18.8 Å². The van der Waals surface area contributed by atoms with E-state index >= 15 is 0 Å². The summed E-state index contributed by atoms with van der Waals surface area (Å²) in [4.78, 5) is 0. The van der Waals surface area contributed by atoms with Crippen LogP contribution in [-0.2, 0) is 4.74 Å². The summed E-state index contributed by atoms with van der Waals surface area (Å²) in [5.74, 6) is 1.72. The summed E-state index contributed by atoms with van der Waals surface area (Å²) < 4.78 is 18.7. The Hall–Kier alpha value is -2.78. The summed E-state index contributed by atoms with van der Waals surface area (Å²) in [6.45, 7) is 4.61. The summed E-state index contributed by atoms with van der Waals surface area (Å²) in [6.07, 6.45) is 0.634. The molecule has 144 valence electrons. The Balaban J connectivity index is 1.48. The Bertz CT molecular complexity index is 872. The number of aryl methyl sites for hydroxylation is 2. The van der Waals surface area contributed by atoms with Gasteiger partial charge in [-0.05, 0) is 43.7 Å². The second kappa shape index (κ2) is 8.49. The largest absolute Gasteiger partial charge is 0.491 e. The highest BCUT2D eigenvalue weighted by Gasteiger charge is 2.38. The van der Waals surface area contributed by atoms with Crippen LogP contribution in [0.5, 0.6) is 11.5 Å². The van der Waals surface area contributed by atoms with Gasteiger partial charge in [-0.1, -0.05) is 65.7 Å². The molecule has 3 nitrogen and oxygen atoms in total. The number of hydrogen-bond acceptors (Lipinski definition) is 3. The summed E-state index contributed by atoms with van der Waals surface area (Å²) in [5.41, 5.74) is 3.61. The zero-order valence-corrected chi connectivity index (χ0v) is 16.4.